The lowest BCUT2D eigenvalue weighted by Crippen LogP contribution is -2.46. The van der Waals surface area contributed by atoms with Gasteiger partial charge in [-0.25, -0.2) is 13.1 Å². The van der Waals surface area contributed by atoms with E-state index in [2.05, 4.69) is 4.72 Å². The molecule has 2 rings (SSSR count). The topological polar surface area (TPSA) is 75.6 Å². The molecule has 0 aliphatic heterocycles. The maximum Gasteiger partial charge on any atom is 0.244 e. The van der Waals surface area contributed by atoms with Crippen molar-refractivity contribution in [1.29, 1.82) is 0 Å². The predicted octanol–water partition coefficient (Wildman–Crippen LogP) is 0.497. The maximum absolute atomic E-state index is 12.0. The molecule has 17 heavy (non-hydrogen) atoms. The number of ether oxygens (including phenoxy) is 1. The fraction of sp³-hybridized carbons (Fsp3) is 0.455. The third kappa shape index (κ3) is 2.59. The summed E-state index contributed by atoms with van der Waals surface area (Å²) in [6, 6.07) is 6.28. The summed E-state index contributed by atoms with van der Waals surface area (Å²) in [5.74, 6) is 0.319. The normalized spacial score (nSPS) is 24.1. The van der Waals surface area contributed by atoms with Crippen LogP contribution in [-0.2, 0) is 10.0 Å². The lowest BCUT2D eigenvalue weighted by molar-refractivity contribution is 0.0712. The lowest BCUT2D eigenvalue weighted by atomic mass is 9.91. The summed E-state index contributed by atoms with van der Waals surface area (Å²) < 4.78 is 31.7. The highest BCUT2D eigenvalue weighted by atomic mass is 32.2. The average Bonchev–Trinajstić information content (AvgIpc) is 2.26. The number of aliphatic hydroxyl groups excluding tert-OH is 1. The molecule has 0 heterocycles. The molecule has 0 spiro atoms. The molecule has 0 unspecified atom stereocenters. The Labute approximate surface area is 100 Å². The van der Waals surface area contributed by atoms with Gasteiger partial charge in [-0.05, 0) is 25.0 Å². The van der Waals surface area contributed by atoms with E-state index in [9.17, 15) is 8.42 Å². The first-order valence-corrected chi connectivity index (χ1v) is 6.84. The number of hydrogen-bond donors (Lipinski definition) is 2. The van der Waals surface area contributed by atoms with Crippen molar-refractivity contribution < 1.29 is 18.3 Å². The highest BCUT2D eigenvalue weighted by Gasteiger charge is 2.32. The highest BCUT2D eigenvalue weighted by Crippen LogP contribution is 2.26. The first-order valence-electron chi connectivity index (χ1n) is 5.36. The molecule has 0 saturated heterocycles. The summed E-state index contributed by atoms with van der Waals surface area (Å²) in [6.45, 7) is 0. The van der Waals surface area contributed by atoms with E-state index in [1.165, 1.54) is 13.2 Å². The van der Waals surface area contributed by atoms with Gasteiger partial charge in [0, 0.05) is 6.04 Å². The van der Waals surface area contributed by atoms with E-state index in [0.717, 1.165) is 0 Å². The van der Waals surface area contributed by atoms with Crippen LogP contribution in [0.2, 0.25) is 0 Å². The number of hydrogen-bond acceptors (Lipinski definition) is 4. The van der Waals surface area contributed by atoms with Crippen molar-refractivity contribution >= 4 is 10.0 Å². The summed E-state index contributed by atoms with van der Waals surface area (Å²) in [7, 11) is -2.14. The van der Waals surface area contributed by atoms with Crippen LogP contribution in [0.15, 0.2) is 29.2 Å². The molecule has 0 radical (unpaired) electrons. The van der Waals surface area contributed by atoms with Crippen LogP contribution in [0, 0.1) is 0 Å². The smallest absolute Gasteiger partial charge is 0.244 e. The van der Waals surface area contributed by atoms with E-state index in [1.54, 1.807) is 18.2 Å². The Bertz CT molecular complexity index is 494. The van der Waals surface area contributed by atoms with E-state index in [4.69, 9.17) is 9.84 Å². The monoisotopic (exact) mass is 257 g/mol. The largest absolute Gasteiger partial charge is 0.495 e. The standard InChI is InChI=1S/C11H15NO4S/c1-16-10-4-2-3-5-11(10)17(14,15)12-8-6-9(13)7-8/h2-5,8-9,12-13H,6-7H2,1H3. The van der Waals surface area contributed by atoms with Crippen molar-refractivity contribution in [2.45, 2.75) is 29.9 Å². The molecule has 0 amide bonds. The van der Waals surface area contributed by atoms with Crippen LogP contribution in [0.25, 0.3) is 0 Å². The van der Waals surface area contributed by atoms with E-state index in [0.29, 0.717) is 18.6 Å². The Morgan fingerprint density at radius 1 is 1.35 bits per heavy atom. The first-order chi connectivity index (χ1) is 8.03. The molecular weight excluding hydrogens is 242 g/mol. The molecule has 0 bridgehead atoms. The van der Waals surface area contributed by atoms with Crippen LogP contribution in [-0.4, -0.2) is 32.8 Å². The number of rotatable bonds is 4. The molecule has 6 heteroatoms. The summed E-state index contributed by atoms with van der Waals surface area (Å²) in [6.07, 6.45) is 0.545. The Morgan fingerprint density at radius 3 is 2.59 bits per heavy atom. The molecular formula is C11H15NO4S. The van der Waals surface area contributed by atoms with Gasteiger partial charge in [0.2, 0.25) is 10.0 Å². The number of aliphatic hydroxyl groups is 1. The maximum atomic E-state index is 12.0. The van der Waals surface area contributed by atoms with Gasteiger partial charge < -0.3 is 9.84 Å². The van der Waals surface area contributed by atoms with Gasteiger partial charge >= 0.3 is 0 Å². The molecule has 5 nitrogen and oxygen atoms in total. The molecule has 94 valence electrons. The van der Waals surface area contributed by atoms with Crippen molar-refractivity contribution in [2.24, 2.45) is 0 Å². The molecule has 1 fully saturated rings. The fourth-order valence-corrected chi connectivity index (χ4v) is 3.24. The quantitative estimate of drug-likeness (QED) is 0.823. The molecule has 0 aromatic heterocycles. The Balaban J connectivity index is 2.19. The van der Waals surface area contributed by atoms with Gasteiger partial charge in [0.15, 0.2) is 0 Å². The van der Waals surface area contributed by atoms with Gasteiger partial charge in [0.1, 0.15) is 10.6 Å². The zero-order valence-electron chi connectivity index (χ0n) is 9.46. The van der Waals surface area contributed by atoms with Crippen LogP contribution in [0.5, 0.6) is 5.75 Å². The fourth-order valence-electron chi connectivity index (χ4n) is 1.81. The van der Waals surface area contributed by atoms with Gasteiger partial charge in [-0.2, -0.15) is 0 Å². The second-order valence-electron chi connectivity index (χ2n) is 4.09. The van der Waals surface area contributed by atoms with Gasteiger partial charge in [-0.15, -0.1) is 0 Å². The minimum Gasteiger partial charge on any atom is -0.495 e. The summed E-state index contributed by atoms with van der Waals surface area (Å²) in [4.78, 5) is 0.129. The molecule has 1 aliphatic carbocycles. The van der Waals surface area contributed by atoms with E-state index < -0.39 is 10.0 Å². The van der Waals surface area contributed by atoms with E-state index in [-0.39, 0.29) is 17.0 Å². The summed E-state index contributed by atoms with van der Waals surface area (Å²) >= 11 is 0. The molecule has 1 aromatic carbocycles. The third-order valence-electron chi connectivity index (χ3n) is 2.79. The van der Waals surface area contributed by atoms with Gasteiger partial charge in [0.25, 0.3) is 0 Å². The van der Waals surface area contributed by atoms with Crippen LogP contribution < -0.4 is 9.46 Å². The molecule has 2 N–H and O–H groups in total. The van der Waals surface area contributed by atoms with Gasteiger partial charge in [-0.3, -0.25) is 0 Å². The van der Waals surface area contributed by atoms with Crippen molar-refractivity contribution in [3.05, 3.63) is 24.3 Å². The number of sulfonamides is 1. The van der Waals surface area contributed by atoms with Crippen LogP contribution in [0.1, 0.15) is 12.8 Å². The predicted molar refractivity (Wildman–Crippen MR) is 62.3 cm³/mol. The SMILES string of the molecule is COc1ccccc1S(=O)(=O)NC1CC(O)C1. The second-order valence-corrected chi connectivity index (χ2v) is 5.78. The number of methoxy groups -OCH3 is 1. The number of nitrogens with one attached hydrogen (secondary N) is 1. The second kappa shape index (κ2) is 4.64. The molecule has 0 atom stereocenters. The minimum absolute atomic E-state index is 0.129. The van der Waals surface area contributed by atoms with Crippen molar-refractivity contribution in [1.82, 2.24) is 4.72 Å². The highest BCUT2D eigenvalue weighted by molar-refractivity contribution is 7.89. The summed E-state index contributed by atoms with van der Waals surface area (Å²) in [5.41, 5.74) is 0. The minimum atomic E-state index is -3.57. The Morgan fingerprint density at radius 2 is 2.00 bits per heavy atom. The average molecular weight is 257 g/mol. The van der Waals surface area contributed by atoms with Crippen molar-refractivity contribution in [3.8, 4) is 5.75 Å². The van der Waals surface area contributed by atoms with Crippen LogP contribution in [0.3, 0.4) is 0 Å². The third-order valence-corrected chi connectivity index (χ3v) is 4.35. The van der Waals surface area contributed by atoms with Crippen LogP contribution >= 0.6 is 0 Å². The molecule has 1 aliphatic rings. The molecule has 1 aromatic rings. The van der Waals surface area contributed by atoms with E-state index in [1.807, 2.05) is 0 Å². The lowest BCUT2D eigenvalue weighted by Gasteiger charge is -2.31. The zero-order valence-corrected chi connectivity index (χ0v) is 10.3. The number of benzene rings is 1. The van der Waals surface area contributed by atoms with Gasteiger partial charge in [0.05, 0.1) is 13.2 Å². The Hall–Kier alpha value is -1.11. The van der Waals surface area contributed by atoms with Crippen molar-refractivity contribution in [2.75, 3.05) is 7.11 Å². The first kappa shape index (κ1) is 12.3. The zero-order chi connectivity index (χ0) is 12.5. The molecule has 1 saturated carbocycles. The Kier molecular flexibility index (Phi) is 3.37. The number of para-hydroxylation sites is 1. The van der Waals surface area contributed by atoms with Crippen LogP contribution in [0.4, 0.5) is 0 Å². The summed E-state index contributed by atoms with van der Waals surface area (Å²) in [5, 5.41) is 9.13. The van der Waals surface area contributed by atoms with E-state index >= 15 is 0 Å². The van der Waals surface area contributed by atoms with Gasteiger partial charge in [-0.1, -0.05) is 12.1 Å². The van der Waals surface area contributed by atoms with Crippen molar-refractivity contribution in [3.63, 3.8) is 0 Å².